The molecular weight excluding hydrogens is 276 g/mol. The summed E-state index contributed by atoms with van der Waals surface area (Å²) < 4.78 is 0. The van der Waals surface area contributed by atoms with E-state index in [-0.39, 0.29) is 11.0 Å². The number of aromatic nitrogens is 1. The van der Waals surface area contributed by atoms with Gasteiger partial charge in [-0.2, -0.15) is 0 Å². The number of nitrogens with one attached hydrogen (secondary N) is 1. The topological polar surface area (TPSA) is 62.2 Å². The summed E-state index contributed by atoms with van der Waals surface area (Å²) in [5, 5.41) is 12.4. The summed E-state index contributed by atoms with van der Waals surface area (Å²) in [5.74, 6) is -0.480. The van der Waals surface area contributed by atoms with Gasteiger partial charge >= 0.3 is 5.97 Å². The number of hydrogen-bond donors (Lipinski definition) is 2. The van der Waals surface area contributed by atoms with Crippen LogP contribution in [0.3, 0.4) is 0 Å². The van der Waals surface area contributed by atoms with Gasteiger partial charge in [0.05, 0.1) is 10.6 Å². The normalized spacial score (nSPS) is 11.4. The number of hydrogen-bond acceptors (Lipinski definition) is 3. The molecule has 0 saturated heterocycles. The third-order valence-corrected chi connectivity index (χ3v) is 3.57. The zero-order chi connectivity index (χ0) is 15.2. The van der Waals surface area contributed by atoms with Gasteiger partial charge in [0.1, 0.15) is 5.82 Å². The summed E-state index contributed by atoms with van der Waals surface area (Å²) in [7, 11) is 0. The number of carbonyl (C=O) groups is 1. The molecule has 0 aliphatic heterocycles. The van der Waals surface area contributed by atoms with Crippen LogP contribution in [0.1, 0.15) is 56.8 Å². The van der Waals surface area contributed by atoms with Crippen molar-refractivity contribution in [2.24, 2.45) is 5.41 Å². The van der Waals surface area contributed by atoms with E-state index in [4.69, 9.17) is 16.7 Å². The molecule has 0 fully saturated rings. The monoisotopic (exact) mass is 298 g/mol. The highest BCUT2D eigenvalue weighted by Crippen LogP contribution is 2.26. The van der Waals surface area contributed by atoms with Crippen LogP contribution in [0.25, 0.3) is 0 Å². The van der Waals surface area contributed by atoms with Crippen molar-refractivity contribution in [2.75, 3.05) is 11.9 Å². The fourth-order valence-electron chi connectivity index (χ4n) is 1.95. The molecule has 5 heteroatoms. The molecule has 1 heterocycles. The second-order valence-electron chi connectivity index (χ2n) is 5.83. The van der Waals surface area contributed by atoms with Crippen LogP contribution in [0, 0.1) is 5.41 Å². The van der Waals surface area contributed by atoms with Crippen LogP contribution in [-0.4, -0.2) is 22.6 Å². The van der Waals surface area contributed by atoms with Crippen molar-refractivity contribution >= 4 is 23.4 Å². The van der Waals surface area contributed by atoms with E-state index < -0.39 is 5.97 Å². The Bertz CT molecular complexity index is 461. The van der Waals surface area contributed by atoms with Crippen molar-refractivity contribution in [3.05, 3.63) is 22.8 Å². The van der Waals surface area contributed by atoms with E-state index in [0.717, 1.165) is 13.0 Å². The quantitative estimate of drug-likeness (QED) is 0.696. The third-order valence-electron chi connectivity index (χ3n) is 3.28. The Morgan fingerprint density at radius 1 is 1.45 bits per heavy atom. The van der Waals surface area contributed by atoms with Gasteiger partial charge in [0.25, 0.3) is 0 Å². The van der Waals surface area contributed by atoms with E-state index >= 15 is 0 Å². The van der Waals surface area contributed by atoms with Crippen molar-refractivity contribution in [3.63, 3.8) is 0 Å². The lowest BCUT2D eigenvalue weighted by Gasteiger charge is -2.25. The second-order valence-corrected chi connectivity index (χ2v) is 6.24. The maximum absolute atomic E-state index is 10.8. The van der Waals surface area contributed by atoms with Gasteiger partial charge in [-0.05, 0) is 17.9 Å². The van der Waals surface area contributed by atoms with Crippen LogP contribution < -0.4 is 5.32 Å². The molecule has 1 rings (SSSR count). The number of pyridine rings is 1. The maximum Gasteiger partial charge on any atom is 0.337 e. The lowest BCUT2D eigenvalue weighted by atomic mass is 9.87. The summed E-state index contributed by atoms with van der Waals surface area (Å²) in [6, 6.07) is 1.42. The Morgan fingerprint density at radius 3 is 2.70 bits per heavy atom. The minimum atomic E-state index is -1.02. The fourth-order valence-corrected chi connectivity index (χ4v) is 2.18. The third kappa shape index (κ3) is 5.37. The van der Waals surface area contributed by atoms with Gasteiger partial charge in [0.2, 0.25) is 0 Å². The van der Waals surface area contributed by atoms with Crippen LogP contribution in [0.15, 0.2) is 12.3 Å². The number of rotatable bonds is 8. The molecule has 0 aliphatic carbocycles. The molecule has 0 bridgehead atoms. The number of unbranched alkanes of at least 4 members (excludes halogenated alkanes) is 2. The highest BCUT2D eigenvalue weighted by Gasteiger charge is 2.18. The molecule has 0 amide bonds. The predicted octanol–water partition coefficient (Wildman–Crippen LogP) is 4.45. The van der Waals surface area contributed by atoms with Crippen LogP contribution >= 0.6 is 11.6 Å². The molecule has 112 valence electrons. The first-order chi connectivity index (χ1) is 9.35. The molecule has 0 aliphatic rings. The van der Waals surface area contributed by atoms with Crippen molar-refractivity contribution in [3.8, 4) is 0 Å². The largest absolute Gasteiger partial charge is 0.478 e. The van der Waals surface area contributed by atoms with Crippen LogP contribution in [0.4, 0.5) is 5.82 Å². The molecule has 0 spiro atoms. The van der Waals surface area contributed by atoms with E-state index in [2.05, 4.69) is 31.1 Å². The Balaban J connectivity index is 2.58. The summed E-state index contributed by atoms with van der Waals surface area (Å²) >= 11 is 6.04. The van der Waals surface area contributed by atoms with Crippen molar-refractivity contribution < 1.29 is 9.90 Å². The summed E-state index contributed by atoms with van der Waals surface area (Å²) in [6.45, 7) is 7.36. The molecule has 0 saturated carbocycles. The summed E-state index contributed by atoms with van der Waals surface area (Å²) in [4.78, 5) is 14.9. The van der Waals surface area contributed by atoms with Gasteiger partial charge in [-0.1, -0.05) is 51.6 Å². The van der Waals surface area contributed by atoms with E-state index in [1.807, 2.05) is 0 Å². The average molecular weight is 299 g/mol. The number of halogens is 1. The molecule has 4 nitrogen and oxygen atoms in total. The van der Waals surface area contributed by atoms with Gasteiger partial charge in [-0.3, -0.25) is 0 Å². The summed E-state index contributed by atoms with van der Waals surface area (Å²) in [6.07, 6.45) is 6.13. The summed E-state index contributed by atoms with van der Waals surface area (Å²) in [5.41, 5.74) is 0.258. The van der Waals surface area contributed by atoms with E-state index in [1.165, 1.54) is 31.5 Å². The minimum absolute atomic E-state index is 0.0998. The average Bonchev–Trinajstić information content (AvgIpc) is 2.37. The van der Waals surface area contributed by atoms with Crippen LogP contribution in [0.2, 0.25) is 5.02 Å². The number of carboxylic acids is 1. The number of nitrogens with zero attached hydrogens (tertiary/aromatic N) is 1. The number of carboxylic acid groups (broad SMARTS) is 1. The van der Waals surface area contributed by atoms with Crippen molar-refractivity contribution in [1.29, 1.82) is 0 Å². The standard InChI is InChI=1S/C15H23ClN2O2/c1-4-5-6-7-15(2,3)10-18-13-12(16)8-11(9-17-13)14(19)20/h8-9H,4-7,10H2,1-3H3,(H,17,18)(H,19,20). The lowest BCUT2D eigenvalue weighted by Crippen LogP contribution is -2.23. The Kier molecular flexibility index (Phi) is 6.27. The van der Waals surface area contributed by atoms with Gasteiger partial charge in [-0.25, -0.2) is 9.78 Å². The van der Waals surface area contributed by atoms with Crippen LogP contribution in [-0.2, 0) is 0 Å². The molecule has 20 heavy (non-hydrogen) atoms. The highest BCUT2D eigenvalue weighted by atomic mass is 35.5. The van der Waals surface area contributed by atoms with Gasteiger partial charge in [0, 0.05) is 12.7 Å². The Labute approximate surface area is 125 Å². The molecule has 1 aromatic rings. The minimum Gasteiger partial charge on any atom is -0.478 e. The molecule has 0 atom stereocenters. The van der Waals surface area contributed by atoms with Gasteiger partial charge in [0.15, 0.2) is 0 Å². The first-order valence-corrected chi connectivity index (χ1v) is 7.36. The molecule has 1 aromatic heterocycles. The lowest BCUT2D eigenvalue weighted by molar-refractivity contribution is 0.0696. The zero-order valence-corrected chi connectivity index (χ0v) is 13.1. The SMILES string of the molecule is CCCCCC(C)(C)CNc1ncc(C(=O)O)cc1Cl. The first kappa shape index (κ1) is 16.8. The molecule has 0 radical (unpaired) electrons. The van der Waals surface area contributed by atoms with Gasteiger partial charge in [-0.15, -0.1) is 0 Å². The van der Waals surface area contributed by atoms with Gasteiger partial charge < -0.3 is 10.4 Å². The van der Waals surface area contributed by atoms with Crippen molar-refractivity contribution in [1.82, 2.24) is 4.98 Å². The number of aromatic carboxylic acids is 1. The Hall–Kier alpha value is -1.29. The molecule has 2 N–H and O–H groups in total. The van der Waals surface area contributed by atoms with Crippen molar-refractivity contribution in [2.45, 2.75) is 46.5 Å². The molecule has 0 unspecified atom stereocenters. The molecule has 0 aromatic carbocycles. The zero-order valence-electron chi connectivity index (χ0n) is 12.4. The Morgan fingerprint density at radius 2 is 2.15 bits per heavy atom. The maximum atomic E-state index is 10.8. The highest BCUT2D eigenvalue weighted by molar-refractivity contribution is 6.33. The molecular formula is C15H23ClN2O2. The second kappa shape index (κ2) is 7.48. The predicted molar refractivity (Wildman–Crippen MR) is 82.6 cm³/mol. The van der Waals surface area contributed by atoms with E-state index in [1.54, 1.807) is 0 Å². The number of anilines is 1. The van der Waals surface area contributed by atoms with E-state index in [0.29, 0.717) is 10.8 Å². The fraction of sp³-hybridized carbons (Fsp3) is 0.600. The first-order valence-electron chi connectivity index (χ1n) is 6.98. The van der Waals surface area contributed by atoms with Crippen LogP contribution in [0.5, 0.6) is 0 Å². The van der Waals surface area contributed by atoms with E-state index in [9.17, 15) is 4.79 Å². The smallest absolute Gasteiger partial charge is 0.337 e.